The predicted octanol–water partition coefficient (Wildman–Crippen LogP) is 4.36. The van der Waals surface area contributed by atoms with Crippen LogP contribution in [0.5, 0.6) is 0 Å². The van der Waals surface area contributed by atoms with E-state index in [0.717, 1.165) is 27.4 Å². The summed E-state index contributed by atoms with van der Waals surface area (Å²) >= 11 is 3.16. The van der Waals surface area contributed by atoms with Gasteiger partial charge in [-0.25, -0.2) is 0 Å². The lowest BCUT2D eigenvalue weighted by atomic mass is 10.1. The van der Waals surface area contributed by atoms with Crippen molar-refractivity contribution in [3.05, 3.63) is 82.9 Å². The van der Waals surface area contributed by atoms with Gasteiger partial charge in [-0.1, -0.05) is 22.0 Å². The summed E-state index contributed by atoms with van der Waals surface area (Å²) in [6.45, 7) is 1.90. The molecule has 7 nitrogen and oxygen atoms in total. The molecule has 3 N–H and O–H groups in total. The summed E-state index contributed by atoms with van der Waals surface area (Å²) in [4.78, 5) is 33.9. The Labute approximate surface area is 192 Å². The van der Waals surface area contributed by atoms with Crippen molar-refractivity contribution in [1.29, 1.82) is 0 Å². The van der Waals surface area contributed by atoms with E-state index in [1.54, 1.807) is 35.2 Å². The third-order valence-corrected chi connectivity index (χ3v) is 5.51. The second-order valence-electron chi connectivity index (χ2n) is 7.11. The molecule has 2 aromatic heterocycles. The number of halogens is 1. The second-order valence-corrected chi connectivity index (χ2v) is 7.68. The zero-order chi connectivity index (χ0) is 22.7. The molecule has 1 amide bonds. The topological polar surface area (TPSA) is 102 Å². The highest BCUT2D eigenvalue weighted by atomic mass is 79.9. The number of nitrogens with two attached hydrogens (primary N) is 1. The van der Waals surface area contributed by atoms with E-state index in [9.17, 15) is 9.59 Å². The monoisotopic (exact) mass is 489 g/mol. The van der Waals surface area contributed by atoms with Gasteiger partial charge in [0.1, 0.15) is 0 Å². The van der Waals surface area contributed by atoms with Crippen LogP contribution in [0.3, 0.4) is 0 Å². The summed E-state index contributed by atoms with van der Waals surface area (Å²) in [7, 11) is 0. The maximum absolute atomic E-state index is 13.0. The molecule has 0 aliphatic carbocycles. The van der Waals surface area contributed by atoms with E-state index in [-0.39, 0.29) is 16.8 Å². The lowest BCUT2D eigenvalue weighted by Crippen LogP contribution is -2.19. The van der Waals surface area contributed by atoms with Gasteiger partial charge in [-0.05, 0) is 61.2 Å². The SMILES string of the molecule is Cc1ccc(-n2c(=O)ccc3cnc4ccc(N=CC=CN)cc4c32)cc1NC(=O)CBr. The molecule has 8 heteroatoms. The van der Waals surface area contributed by atoms with Crippen molar-refractivity contribution in [2.45, 2.75) is 6.92 Å². The van der Waals surface area contributed by atoms with Crippen LogP contribution in [-0.4, -0.2) is 27.0 Å². The molecule has 160 valence electrons. The summed E-state index contributed by atoms with van der Waals surface area (Å²) in [5.41, 5.74) is 9.54. The summed E-state index contributed by atoms with van der Waals surface area (Å²) in [5.74, 6) is -0.167. The van der Waals surface area contributed by atoms with Crippen LogP contribution in [0, 0.1) is 6.92 Å². The van der Waals surface area contributed by atoms with Crippen LogP contribution >= 0.6 is 15.9 Å². The number of aliphatic imine (C=N–C) groups is 1. The Morgan fingerprint density at radius 3 is 2.84 bits per heavy atom. The van der Waals surface area contributed by atoms with E-state index in [4.69, 9.17) is 5.73 Å². The Hall–Kier alpha value is -3.78. The number of rotatable bonds is 5. The fourth-order valence-electron chi connectivity index (χ4n) is 3.48. The number of carbonyl (C=O) groups excluding carboxylic acids is 1. The number of benzene rings is 2. The molecule has 32 heavy (non-hydrogen) atoms. The van der Waals surface area contributed by atoms with Crippen molar-refractivity contribution in [2.24, 2.45) is 10.7 Å². The standard InChI is InChI=1S/C24H20BrN5O2/c1-15-3-6-18(12-21(15)29-22(31)13-25)30-23(32)8-4-16-14-28-20-7-5-17(27-10-2-9-26)11-19(20)24(16)30/h2-12,14H,13,26H2,1H3,(H,29,31). The number of aryl methyl sites for hydroxylation is 1. The number of amides is 1. The van der Waals surface area contributed by atoms with Crippen LogP contribution in [0.4, 0.5) is 11.4 Å². The van der Waals surface area contributed by atoms with Crippen molar-refractivity contribution in [1.82, 2.24) is 9.55 Å². The van der Waals surface area contributed by atoms with Gasteiger partial charge in [-0.3, -0.25) is 24.1 Å². The highest BCUT2D eigenvalue weighted by Gasteiger charge is 2.13. The van der Waals surface area contributed by atoms with Crippen LogP contribution in [-0.2, 0) is 4.79 Å². The largest absolute Gasteiger partial charge is 0.405 e. The van der Waals surface area contributed by atoms with Crippen LogP contribution < -0.4 is 16.6 Å². The molecule has 0 radical (unpaired) electrons. The number of hydrogen-bond acceptors (Lipinski definition) is 5. The quantitative estimate of drug-likeness (QED) is 0.247. The zero-order valence-electron chi connectivity index (χ0n) is 17.2. The fourth-order valence-corrected chi connectivity index (χ4v) is 3.62. The number of fused-ring (bicyclic) bond motifs is 3. The second kappa shape index (κ2) is 9.15. The lowest BCUT2D eigenvalue weighted by Gasteiger charge is -2.15. The Morgan fingerprint density at radius 2 is 2.06 bits per heavy atom. The fraction of sp³-hybridized carbons (Fsp3) is 0.0833. The van der Waals surface area contributed by atoms with Gasteiger partial charge in [0.05, 0.1) is 27.7 Å². The van der Waals surface area contributed by atoms with Crippen molar-refractivity contribution in [2.75, 3.05) is 10.6 Å². The van der Waals surface area contributed by atoms with E-state index in [0.29, 0.717) is 17.1 Å². The molecule has 4 rings (SSSR count). The molecule has 0 aliphatic rings. The molecular formula is C24H20BrN5O2. The number of hydrogen-bond donors (Lipinski definition) is 2. The van der Waals surface area contributed by atoms with Crippen molar-refractivity contribution < 1.29 is 4.79 Å². The molecule has 0 spiro atoms. The zero-order valence-corrected chi connectivity index (χ0v) is 18.8. The summed E-state index contributed by atoms with van der Waals surface area (Å²) in [6.07, 6.45) is 6.39. The third kappa shape index (κ3) is 4.17. The summed E-state index contributed by atoms with van der Waals surface area (Å²) in [6, 6.07) is 14.4. The Balaban J connectivity index is 2.00. The Kier molecular flexibility index (Phi) is 6.13. The molecule has 4 aromatic rings. The maximum Gasteiger partial charge on any atom is 0.255 e. The van der Waals surface area contributed by atoms with E-state index < -0.39 is 0 Å². The minimum Gasteiger partial charge on any atom is -0.405 e. The summed E-state index contributed by atoms with van der Waals surface area (Å²) in [5, 5.41) is 4.65. The molecular weight excluding hydrogens is 470 g/mol. The molecule has 0 atom stereocenters. The molecule has 0 bridgehead atoms. The average molecular weight is 490 g/mol. The number of carbonyl (C=O) groups is 1. The number of alkyl halides is 1. The number of nitrogens with zero attached hydrogens (tertiary/aromatic N) is 3. The normalized spacial score (nSPS) is 11.7. The summed E-state index contributed by atoms with van der Waals surface area (Å²) < 4.78 is 1.63. The van der Waals surface area contributed by atoms with Crippen LogP contribution in [0.2, 0.25) is 0 Å². The van der Waals surface area contributed by atoms with E-state index in [1.807, 2.05) is 37.3 Å². The molecule has 0 saturated carbocycles. The molecule has 0 unspecified atom stereocenters. The first-order chi connectivity index (χ1) is 15.5. The Bertz CT molecular complexity index is 1460. The van der Waals surface area contributed by atoms with Crippen LogP contribution in [0.25, 0.3) is 27.5 Å². The molecule has 0 fully saturated rings. The van der Waals surface area contributed by atoms with E-state index in [2.05, 4.69) is 31.2 Å². The smallest absolute Gasteiger partial charge is 0.255 e. The minimum absolute atomic E-state index is 0.167. The van der Waals surface area contributed by atoms with Gasteiger partial charge in [0.2, 0.25) is 5.91 Å². The van der Waals surface area contributed by atoms with Crippen molar-refractivity contribution >= 4 is 61.2 Å². The highest BCUT2D eigenvalue weighted by molar-refractivity contribution is 9.09. The van der Waals surface area contributed by atoms with E-state index >= 15 is 0 Å². The van der Waals surface area contributed by atoms with Gasteiger partial charge < -0.3 is 11.1 Å². The van der Waals surface area contributed by atoms with Crippen molar-refractivity contribution in [3.63, 3.8) is 0 Å². The van der Waals surface area contributed by atoms with Gasteiger partial charge >= 0.3 is 0 Å². The number of pyridine rings is 2. The lowest BCUT2D eigenvalue weighted by molar-refractivity contribution is -0.113. The number of nitrogens with one attached hydrogen (secondary N) is 1. The van der Waals surface area contributed by atoms with Gasteiger partial charge in [0, 0.05) is 34.9 Å². The average Bonchev–Trinajstić information content (AvgIpc) is 2.80. The van der Waals surface area contributed by atoms with Gasteiger partial charge in [0.25, 0.3) is 5.56 Å². The molecule has 0 saturated heterocycles. The third-order valence-electron chi connectivity index (χ3n) is 5.00. The first-order valence-corrected chi connectivity index (χ1v) is 11.0. The van der Waals surface area contributed by atoms with Crippen LogP contribution in [0.15, 0.2) is 76.8 Å². The number of aromatic nitrogens is 2. The predicted molar refractivity (Wildman–Crippen MR) is 133 cm³/mol. The van der Waals surface area contributed by atoms with Crippen LogP contribution in [0.1, 0.15) is 5.56 Å². The van der Waals surface area contributed by atoms with Gasteiger partial charge in [-0.15, -0.1) is 0 Å². The maximum atomic E-state index is 13.0. The number of allylic oxidation sites excluding steroid dienone is 1. The molecule has 2 aromatic carbocycles. The van der Waals surface area contributed by atoms with Gasteiger partial charge in [-0.2, -0.15) is 0 Å². The minimum atomic E-state index is -0.188. The van der Waals surface area contributed by atoms with E-state index in [1.165, 1.54) is 12.3 Å². The first-order valence-electron chi connectivity index (χ1n) is 9.84. The Morgan fingerprint density at radius 1 is 1.22 bits per heavy atom. The number of anilines is 1. The molecule has 0 aliphatic heterocycles. The van der Waals surface area contributed by atoms with Gasteiger partial charge in [0.15, 0.2) is 0 Å². The van der Waals surface area contributed by atoms with Crippen molar-refractivity contribution in [3.8, 4) is 5.69 Å². The highest BCUT2D eigenvalue weighted by Crippen LogP contribution is 2.29. The molecule has 2 heterocycles. The first kappa shape index (κ1) is 21.5.